The average molecular weight is 626 g/mol. The van der Waals surface area contributed by atoms with Crippen LogP contribution < -0.4 is 15.2 Å². The summed E-state index contributed by atoms with van der Waals surface area (Å²) in [5.74, 6) is -2.93. The van der Waals surface area contributed by atoms with Gasteiger partial charge in [0.1, 0.15) is 28.0 Å². The zero-order chi connectivity index (χ0) is 31.1. The summed E-state index contributed by atoms with van der Waals surface area (Å²) in [7, 11) is -4.47. The first-order valence-electron chi connectivity index (χ1n) is 14.0. The van der Waals surface area contributed by atoms with Crippen molar-refractivity contribution in [1.29, 1.82) is 0 Å². The van der Waals surface area contributed by atoms with Gasteiger partial charge in [0.2, 0.25) is 5.88 Å². The van der Waals surface area contributed by atoms with Gasteiger partial charge in [-0.25, -0.2) is 27.2 Å². The van der Waals surface area contributed by atoms with Crippen LogP contribution in [0.15, 0.2) is 59.6 Å². The molecule has 14 heteroatoms. The highest BCUT2D eigenvalue weighted by atomic mass is 32.2. The molecule has 44 heavy (non-hydrogen) atoms. The Balaban J connectivity index is 1.30. The van der Waals surface area contributed by atoms with Crippen molar-refractivity contribution in [3.05, 3.63) is 71.9 Å². The van der Waals surface area contributed by atoms with Gasteiger partial charge < -0.3 is 24.8 Å². The number of piperidine rings is 1. The van der Waals surface area contributed by atoms with Crippen LogP contribution in [0.25, 0.3) is 22.0 Å². The zero-order valence-corrected chi connectivity index (χ0v) is 24.5. The van der Waals surface area contributed by atoms with Gasteiger partial charge in [0.15, 0.2) is 5.79 Å². The molecule has 2 aromatic carbocycles. The van der Waals surface area contributed by atoms with E-state index in [4.69, 9.17) is 19.9 Å². The number of nitrogens with one attached hydrogen (secondary N) is 1. The summed E-state index contributed by atoms with van der Waals surface area (Å²) in [6.45, 7) is 3.88. The molecule has 230 valence electrons. The predicted molar refractivity (Wildman–Crippen MR) is 157 cm³/mol. The topological polar surface area (TPSA) is 146 Å². The lowest BCUT2D eigenvalue weighted by Gasteiger charge is -2.37. The van der Waals surface area contributed by atoms with Gasteiger partial charge in [-0.15, -0.1) is 0 Å². The number of nitrogens with two attached hydrogens (primary N) is 1. The van der Waals surface area contributed by atoms with E-state index in [1.807, 2.05) is 0 Å². The number of ether oxygens (including phenoxy) is 3. The van der Waals surface area contributed by atoms with Crippen LogP contribution in [0.4, 0.5) is 20.3 Å². The maximum Gasteiger partial charge on any atom is 0.264 e. The van der Waals surface area contributed by atoms with Crippen molar-refractivity contribution in [3.8, 4) is 17.0 Å². The second kappa shape index (κ2) is 11.6. The molecule has 11 nitrogen and oxygen atoms in total. The number of hydrogen-bond acceptors (Lipinski definition) is 9. The molecule has 2 saturated heterocycles. The molecule has 0 saturated carbocycles. The number of carbonyl (C=O) groups is 1. The van der Waals surface area contributed by atoms with E-state index < -0.39 is 32.3 Å². The fourth-order valence-electron chi connectivity index (χ4n) is 5.38. The summed E-state index contributed by atoms with van der Waals surface area (Å²) in [5.41, 5.74) is 8.10. The normalized spacial score (nSPS) is 16.4. The first kappa shape index (κ1) is 29.7. The van der Waals surface area contributed by atoms with Gasteiger partial charge in [0, 0.05) is 49.1 Å². The molecular formula is C30H29F2N5O6S. The van der Waals surface area contributed by atoms with Gasteiger partial charge in [-0.3, -0.25) is 9.52 Å². The van der Waals surface area contributed by atoms with E-state index >= 15 is 0 Å². The molecule has 2 aromatic heterocycles. The van der Waals surface area contributed by atoms with Crippen LogP contribution in [-0.2, 0) is 19.5 Å². The fourth-order valence-corrected chi connectivity index (χ4v) is 6.49. The molecule has 0 atom stereocenters. The third-order valence-electron chi connectivity index (χ3n) is 7.59. The van der Waals surface area contributed by atoms with Crippen LogP contribution in [0.3, 0.4) is 0 Å². The first-order valence-corrected chi connectivity index (χ1v) is 15.4. The van der Waals surface area contributed by atoms with E-state index in [1.54, 1.807) is 36.1 Å². The Morgan fingerprint density at radius 2 is 1.82 bits per heavy atom. The van der Waals surface area contributed by atoms with Gasteiger partial charge in [0.25, 0.3) is 15.9 Å². The highest BCUT2D eigenvalue weighted by Crippen LogP contribution is 2.34. The van der Waals surface area contributed by atoms with E-state index in [0.29, 0.717) is 67.2 Å². The van der Waals surface area contributed by atoms with Gasteiger partial charge in [-0.2, -0.15) is 0 Å². The van der Waals surface area contributed by atoms with Crippen LogP contribution in [-0.4, -0.2) is 67.9 Å². The van der Waals surface area contributed by atoms with Crippen molar-refractivity contribution >= 4 is 38.3 Å². The number of halogens is 2. The lowest BCUT2D eigenvalue weighted by molar-refractivity contribution is -0.181. The number of benzene rings is 2. The molecule has 3 N–H and O–H groups in total. The average Bonchev–Trinajstić information content (AvgIpc) is 3.45. The molecule has 0 aliphatic carbocycles. The summed E-state index contributed by atoms with van der Waals surface area (Å²) in [4.78, 5) is 23.1. The summed E-state index contributed by atoms with van der Waals surface area (Å²) in [6, 6.07) is 10.6. The van der Waals surface area contributed by atoms with E-state index in [-0.39, 0.29) is 35.5 Å². The Labute approximate surface area is 252 Å². The summed E-state index contributed by atoms with van der Waals surface area (Å²) in [5, 5.41) is 0.625. The third-order valence-corrected chi connectivity index (χ3v) is 8.99. The van der Waals surface area contributed by atoms with E-state index in [0.717, 1.165) is 12.1 Å². The number of fused-ring (bicyclic) bond motifs is 1. The van der Waals surface area contributed by atoms with Gasteiger partial charge >= 0.3 is 0 Å². The van der Waals surface area contributed by atoms with E-state index in [1.165, 1.54) is 12.3 Å². The second-order valence-electron chi connectivity index (χ2n) is 10.4. The van der Waals surface area contributed by atoms with Crippen LogP contribution in [0.1, 0.15) is 30.1 Å². The van der Waals surface area contributed by atoms with Crippen LogP contribution in [0.5, 0.6) is 5.88 Å². The number of rotatable bonds is 7. The Hall–Kier alpha value is -4.40. The minimum atomic E-state index is -4.47. The number of likely N-dealkylation sites (tertiary alicyclic amines) is 1. The van der Waals surface area contributed by atoms with E-state index in [2.05, 4.69) is 14.7 Å². The highest BCUT2D eigenvalue weighted by molar-refractivity contribution is 7.92. The molecule has 1 amide bonds. The molecule has 0 radical (unpaired) electrons. The molecule has 1 spiro atoms. The molecule has 4 aromatic rings. The monoisotopic (exact) mass is 625 g/mol. The van der Waals surface area contributed by atoms with Gasteiger partial charge in [-0.1, -0.05) is 6.07 Å². The Morgan fingerprint density at radius 1 is 1.07 bits per heavy atom. The molecule has 0 bridgehead atoms. The number of hydrogen-bond donors (Lipinski definition) is 2. The summed E-state index contributed by atoms with van der Waals surface area (Å²) >= 11 is 0. The molecule has 2 aliphatic rings. The molecule has 0 unspecified atom stereocenters. The fraction of sp³-hybridized carbons (Fsp3) is 0.300. The minimum Gasteiger partial charge on any atom is -0.476 e. The van der Waals surface area contributed by atoms with Gasteiger partial charge in [-0.05, 0) is 48.9 Å². The van der Waals surface area contributed by atoms with Crippen LogP contribution in [0.2, 0.25) is 0 Å². The number of sulfonamides is 1. The lowest BCUT2D eigenvalue weighted by Crippen LogP contribution is -2.47. The maximum absolute atomic E-state index is 14.3. The molecule has 6 rings (SSSR count). The van der Waals surface area contributed by atoms with Crippen LogP contribution in [0, 0.1) is 11.6 Å². The second-order valence-corrected chi connectivity index (χ2v) is 12.1. The number of nitrogen functional groups attached to an aromatic ring is 1. The largest absolute Gasteiger partial charge is 0.476 e. The van der Waals surface area contributed by atoms with Crippen molar-refractivity contribution in [2.24, 2.45) is 0 Å². The number of nitrogens with zero attached hydrogens (tertiary/aromatic N) is 3. The number of amides is 1. The van der Waals surface area contributed by atoms with E-state index in [9.17, 15) is 22.0 Å². The van der Waals surface area contributed by atoms with Gasteiger partial charge in [0.05, 0.1) is 30.9 Å². The van der Waals surface area contributed by atoms with Crippen molar-refractivity contribution < 1.29 is 36.2 Å². The van der Waals surface area contributed by atoms with Crippen molar-refractivity contribution in [1.82, 2.24) is 14.9 Å². The molecular weight excluding hydrogens is 596 g/mol. The number of anilines is 2. The minimum absolute atomic E-state index is 0.0258. The SMILES string of the molecule is CCOc1ncc(-c2ccc3nc(N)c(C(=O)N4CCC5(CC4)OCCO5)cc3c2)cc1NS(=O)(=O)c1ccc(F)cc1F. The molecule has 2 fully saturated rings. The highest BCUT2D eigenvalue weighted by Gasteiger charge is 2.41. The maximum atomic E-state index is 14.3. The molecule has 2 aliphatic heterocycles. The quantitative estimate of drug-likeness (QED) is 0.306. The van der Waals surface area contributed by atoms with Crippen molar-refractivity contribution in [3.63, 3.8) is 0 Å². The standard InChI is InChI=1S/C30H29F2N5O6S/c1-2-41-28-25(36-44(39,40)26-6-4-21(31)16-23(26)32)15-20(17-34-28)18-3-5-24-19(13-18)14-22(27(33)35-24)29(38)37-9-7-30(8-10-37)42-11-12-43-30/h3-6,13-17,36H,2,7-12H2,1H3,(H2,33,35). The summed E-state index contributed by atoms with van der Waals surface area (Å²) in [6.07, 6.45) is 2.62. The Morgan fingerprint density at radius 3 is 2.52 bits per heavy atom. The smallest absolute Gasteiger partial charge is 0.264 e. The predicted octanol–water partition coefficient (Wildman–Crippen LogP) is 4.34. The lowest BCUT2D eigenvalue weighted by atomic mass is 10.0. The Bertz CT molecular complexity index is 1860. The zero-order valence-electron chi connectivity index (χ0n) is 23.7. The number of pyridine rings is 2. The summed E-state index contributed by atoms with van der Waals surface area (Å²) < 4.78 is 73.1. The first-order chi connectivity index (χ1) is 21.1. The third kappa shape index (κ3) is 5.75. The van der Waals surface area contributed by atoms with Crippen molar-refractivity contribution in [2.45, 2.75) is 30.4 Å². The van der Waals surface area contributed by atoms with Crippen molar-refractivity contribution in [2.75, 3.05) is 43.4 Å². The number of aromatic nitrogens is 2. The number of carbonyl (C=O) groups excluding carboxylic acids is 1. The Kier molecular flexibility index (Phi) is 7.82. The van der Waals surface area contributed by atoms with Crippen LogP contribution >= 0.6 is 0 Å². The molecule has 4 heterocycles.